The van der Waals surface area contributed by atoms with Crippen molar-refractivity contribution in [1.29, 1.82) is 0 Å². The van der Waals surface area contributed by atoms with Crippen LogP contribution in [-0.2, 0) is 0 Å². The Balaban J connectivity index is 2.27. The molecule has 4 heteroatoms. The van der Waals surface area contributed by atoms with Crippen molar-refractivity contribution in [3.05, 3.63) is 59.2 Å². The van der Waals surface area contributed by atoms with Crippen LogP contribution in [-0.4, -0.2) is 10.3 Å². The van der Waals surface area contributed by atoms with Gasteiger partial charge in [0, 0.05) is 0 Å². The summed E-state index contributed by atoms with van der Waals surface area (Å²) in [6.07, 6.45) is 0. The minimum absolute atomic E-state index is 0.181. The van der Waals surface area contributed by atoms with Crippen LogP contribution in [0, 0.1) is 20.8 Å². The summed E-state index contributed by atoms with van der Waals surface area (Å²) >= 11 is 12.3. The number of nitrogens with zero attached hydrogens (tertiary/aromatic N) is 2. The Morgan fingerprint density at radius 2 is 1.33 bits per heavy atom. The lowest BCUT2D eigenvalue weighted by atomic mass is 10.1. The van der Waals surface area contributed by atoms with Crippen LogP contribution >= 0.6 is 23.2 Å². The van der Waals surface area contributed by atoms with Gasteiger partial charge in [-0.15, -0.1) is 0 Å². The molecule has 0 amide bonds. The molecule has 0 spiro atoms. The lowest BCUT2D eigenvalue weighted by Gasteiger charge is -2.03. The number of hydrogen-bond acceptors (Lipinski definition) is 2. The van der Waals surface area contributed by atoms with Crippen LogP contribution in [0.4, 0.5) is 11.4 Å². The molecule has 0 saturated carbocycles. The van der Waals surface area contributed by atoms with E-state index in [2.05, 4.69) is 9.98 Å². The van der Waals surface area contributed by atoms with Gasteiger partial charge in [0.25, 0.3) is 0 Å². The molecule has 2 aromatic rings. The number of rotatable bonds is 3. The van der Waals surface area contributed by atoms with Crippen LogP contribution < -0.4 is 0 Å². The SMILES string of the molecule is Cc1ccc(N=C(Cl)C(Cl)=Nc2ccc(C)cc2C)cc1. The average molecular weight is 319 g/mol. The van der Waals surface area contributed by atoms with Crippen molar-refractivity contribution in [2.24, 2.45) is 9.98 Å². The summed E-state index contributed by atoms with van der Waals surface area (Å²) in [6.45, 7) is 6.04. The first-order valence-corrected chi connectivity index (χ1v) is 7.34. The Hall–Kier alpha value is -1.64. The topological polar surface area (TPSA) is 24.7 Å². The van der Waals surface area contributed by atoms with E-state index in [-0.39, 0.29) is 10.3 Å². The maximum Gasteiger partial charge on any atom is 0.166 e. The molecule has 0 N–H and O–H groups in total. The second-order valence-electron chi connectivity index (χ2n) is 4.93. The zero-order valence-electron chi connectivity index (χ0n) is 12.2. The van der Waals surface area contributed by atoms with Gasteiger partial charge in [0.1, 0.15) is 0 Å². The Bertz CT molecular complexity index is 701. The first-order chi connectivity index (χ1) is 9.95. The standard InChI is InChI=1S/C17H16Cl2N2/c1-11-4-7-14(8-5-11)20-16(18)17(19)21-15-9-6-12(2)10-13(15)3/h4-10H,1-3H3. The smallest absolute Gasteiger partial charge is 0.166 e. The Labute approximate surface area is 135 Å². The lowest BCUT2D eigenvalue weighted by molar-refractivity contribution is 1.35. The highest BCUT2D eigenvalue weighted by Gasteiger charge is 2.05. The van der Waals surface area contributed by atoms with Gasteiger partial charge in [-0.2, -0.15) is 0 Å². The van der Waals surface area contributed by atoms with E-state index in [0.717, 1.165) is 16.9 Å². The molecule has 0 aliphatic rings. The Morgan fingerprint density at radius 1 is 0.762 bits per heavy atom. The summed E-state index contributed by atoms with van der Waals surface area (Å²) in [4.78, 5) is 8.60. The van der Waals surface area contributed by atoms with Crippen LogP contribution in [0.15, 0.2) is 52.4 Å². The molecule has 0 saturated heterocycles. The van der Waals surface area contributed by atoms with Gasteiger partial charge in [0.05, 0.1) is 11.4 Å². The van der Waals surface area contributed by atoms with E-state index in [1.807, 2.05) is 63.2 Å². The van der Waals surface area contributed by atoms with E-state index in [0.29, 0.717) is 0 Å². The van der Waals surface area contributed by atoms with E-state index in [9.17, 15) is 0 Å². The first-order valence-electron chi connectivity index (χ1n) is 6.58. The predicted octanol–water partition coefficient (Wildman–Crippen LogP) is 5.85. The van der Waals surface area contributed by atoms with Crippen LogP contribution in [0.5, 0.6) is 0 Å². The maximum atomic E-state index is 6.15. The molecule has 2 rings (SSSR count). The minimum atomic E-state index is 0.181. The van der Waals surface area contributed by atoms with Gasteiger partial charge < -0.3 is 0 Å². The van der Waals surface area contributed by atoms with Gasteiger partial charge >= 0.3 is 0 Å². The molecule has 0 fully saturated rings. The minimum Gasteiger partial charge on any atom is -0.233 e. The number of benzene rings is 2. The molecule has 0 atom stereocenters. The molecular weight excluding hydrogens is 303 g/mol. The molecule has 0 heterocycles. The fraction of sp³-hybridized carbons (Fsp3) is 0.176. The molecule has 0 radical (unpaired) electrons. The third-order valence-corrected chi connectivity index (χ3v) is 3.63. The monoisotopic (exact) mass is 318 g/mol. The van der Waals surface area contributed by atoms with E-state index < -0.39 is 0 Å². The van der Waals surface area contributed by atoms with Gasteiger partial charge in [-0.25, -0.2) is 9.98 Å². The molecule has 2 aromatic carbocycles. The fourth-order valence-electron chi connectivity index (χ4n) is 1.86. The maximum absolute atomic E-state index is 6.15. The van der Waals surface area contributed by atoms with Crippen LogP contribution in [0.1, 0.15) is 16.7 Å². The van der Waals surface area contributed by atoms with Crippen LogP contribution in [0.3, 0.4) is 0 Å². The molecule has 0 aromatic heterocycles. The molecule has 2 nitrogen and oxygen atoms in total. The average Bonchev–Trinajstić information content (AvgIpc) is 2.44. The van der Waals surface area contributed by atoms with Gasteiger partial charge in [-0.3, -0.25) is 0 Å². The highest BCUT2D eigenvalue weighted by molar-refractivity contribution is 7.00. The molecule has 108 valence electrons. The van der Waals surface area contributed by atoms with Crippen molar-refractivity contribution in [2.75, 3.05) is 0 Å². The lowest BCUT2D eigenvalue weighted by Crippen LogP contribution is -1.98. The number of halogens is 2. The van der Waals surface area contributed by atoms with Crippen molar-refractivity contribution in [3.63, 3.8) is 0 Å². The summed E-state index contributed by atoms with van der Waals surface area (Å²) in [5.41, 5.74) is 4.94. The quantitative estimate of drug-likeness (QED) is 0.634. The summed E-state index contributed by atoms with van der Waals surface area (Å²) < 4.78 is 0. The van der Waals surface area contributed by atoms with E-state index in [4.69, 9.17) is 23.2 Å². The van der Waals surface area contributed by atoms with Crippen molar-refractivity contribution >= 4 is 44.9 Å². The number of aryl methyl sites for hydroxylation is 3. The molecule has 0 aliphatic heterocycles. The first kappa shape index (κ1) is 15.7. The number of aliphatic imine (C=N–C) groups is 2. The normalized spacial score (nSPS) is 12.6. The van der Waals surface area contributed by atoms with Crippen LogP contribution in [0.25, 0.3) is 0 Å². The largest absolute Gasteiger partial charge is 0.233 e. The third-order valence-electron chi connectivity index (χ3n) is 3.00. The van der Waals surface area contributed by atoms with Gasteiger partial charge in [0.15, 0.2) is 10.3 Å². The summed E-state index contributed by atoms with van der Waals surface area (Å²) in [7, 11) is 0. The van der Waals surface area contributed by atoms with Crippen molar-refractivity contribution in [1.82, 2.24) is 0 Å². The highest BCUT2D eigenvalue weighted by atomic mass is 35.5. The van der Waals surface area contributed by atoms with Crippen molar-refractivity contribution in [2.45, 2.75) is 20.8 Å². The van der Waals surface area contributed by atoms with Crippen molar-refractivity contribution < 1.29 is 0 Å². The molecule has 0 bridgehead atoms. The predicted molar refractivity (Wildman–Crippen MR) is 93.0 cm³/mol. The zero-order chi connectivity index (χ0) is 15.4. The third kappa shape index (κ3) is 4.42. The van der Waals surface area contributed by atoms with Gasteiger partial charge in [-0.05, 0) is 44.5 Å². The summed E-state index contributed by atoms with van der Waals surface area (Å²) in [6, 6.07) is 13.7. The Kier molecular flexibility index (Phi) is 5.16. The summed E-state index contributed by atoms with van der Waals surface area (Å²) in [5, 5.41) is 0.365. The fourth-order valence-corrected chi connectivity index (χ4v) is 2.13. The zero-order valence-corrected chi connectivity index (χ0v) is 13.7. The van der Waals surface area contributed by atoms with Gasteiger partial charge in [-0.1, -0.05) is 58.6 Å². The molecular formula is C17H16Cl2N2. The summed E-state index contributed by atoms with van der Waals surface area (Å²) in [5.74, 6) is 0. The van der Waals surface area contributed by atoms with Crippen molar-refractivity contribution in [3.8, 4) is 0 Å². The Morgan fingerprint density at radius 3 is 1.95 bits per heavy atom. The second-order valence-corrected chi connectivity index (χ2v) is 5.65. The number of hydrogen-bond donors (Lipinski definition) is 0. The van der Waals surface area contributed by atoms with Gasteiger partial charge in [0.2, 0.25) is 0 Å². The van der Waals surface area contributed by atoms with Crippen LogP contribution in [0.2, 0.25) is 0 Å². The molecule has 0 aliphatic carbocycles. The second kappa shape index (κ2) is 6.88. The molecule has 21 heavy (non-hydrogen) atoms. The van der Waals surface area contributed by atoms with E-state index >= 15 is 0 Å². The van der Waals surface area contributed by atoms with E-state index in [1.165, 1.54) is 11.1 Å². The highest BCUT2D eigenvalue weighted by Crippen LogP contribution is 2.21. The van der Waals surface area contributed by atoms with E-state index in [1.54, 1.807) is 0 Å². The molecule has 0 unspecified atom stereocenters.